The third-order valence-corrected chi connectivity index (χ3v) is 4.15. The topological polar surface area (TPSA) is 15.3 Å². The number of anilines is 1. The van der Waals surface area contributed by atoms with E-state index in [2.05, 4.69) is 65.2 Å². The molecule has 0 aromatic heterocycles. The standard InChI is InChI=1S/C14H21BrN2/c1-4-16-10(2)13-8-7-12(9-14(13)15)17(3)11-5-6-11/h7-11,16H,4-6H2,1-3H3. The second-order valence-corrected chi connectivity index (χ2v) is 5.68. The van der Waals surface area contributed by atoms with Crippen molar-refractivity contribution in [3.8, 4) is 0 Å². The van der Waals surface area contributed by atoms with Crippen molar-refractivity contribution in [3.63, 3.8) is 0 Å². The Balaban J connectivity index is 2.15. The van der Waals surface area contributed by atoms with E-state index in [1.165, 1.54) is 28.6 Å². The summed E-state index contributed by atoms with van der Waals surface area (Å²) in [6.07, 6.45) is 2.67. The molecule has 1 aliphatic carbocycles. The van der Waals surface area contributed by atoms with Crippen LogP contribution in [-0.2, 0) is 0 Å². The number of benzene rings is 1. The van der Waals surface area contributed by atoms with E-state index in [1.54, 1.807) is 0 Å². The largest absolute Gasteiger partial charge is 0.372 e. The van der Waals surface area contributed by atoms with Gasteiger partial charge in [-0.1, -0.05) is 28.9 Å². The molecule has 0 radical (unpaired) electrons. The number of nitrogens with zero attached hydrogens (tertiary/aromatic N) is 1. The van der Waals surface area contributed by atoms with Gasteiger partial charge in [0, 0.05) is 29.3 Å². The minimum atomic E-state index is 0.398. The van der Waals surface area contributed by atoms with Crippen LogP contribution in [-0.4, -0.2) is 19.6 Å². The van der Waals surface area contributed by atoms with E-state index >= 15 is 0 Å². The Morgan fingerprint density at radius 3 is 2.71 bits per heavy atom. The zero-order valence-corrected chi connectivity index (χ0v) is 12.4. The first-order valence-corrected chi connectivity index (χ1v) is 7.18. The lowest BCUT2D eigenvalue weighted by Gasteiger charge is -2.21. The molecule has 2 nitrogen and oxygen atoms in total. The molecule has 94 valence electrons. The van der Waals surface area contributed by atoms with Crippen LogP contribution < -0.4 is 10.2 Å². The Hall–Kier alpha value is -0.540. The summed E-state index contributed by atoms with van der Waals surface area (Å²) in [4.78, 5) is 2.38. The average Bonchev–Trinajstić information content (AvgIpc) is 3.12. The molecule has 1 aromatic rings. The molecule has 3 heteroatoms. The highest BCUT2D eigenvalue weighted by atomic mass is 79.9. The first-order valence-electron chi connectivity index (χ1n) is 6.39. The summed E-state index contributed by atoms with van der Waals surface area (Å²) in [5.74, 6) is 0. The van der Waals surface area contributed by atoms with Gasteiger partial charge in [0.25, 0.3) is 0 Å². The lowest BCUT2D eigenvalue weighted by Crippen LogP contribution is -2.20. The van der Waals surface area contributed by atoms with Crippen LogP contribution in [0.25, 0.3) is 0 Å². The van der Waals surface area contributed by atoms with E-state index in [-0.39, 0.29) is 0 Å². The first-order chi connectivity index (χ1) is 8.13. The molecule has 1 aromatic carbocycles. The number of rotatable bonds is 5. The van der Waals surface area contributed by atoms with Crippen LogP contribution in [0.15, 0.2) is 22.7 Å². The monoisotopic (exact) mass is 296 g/mol. The Kier molecular flexibility index (Phi) is 4.10. The summed E-state index contributed by atoms with van der Waals surface area (Å²) in [7, 11) is 2.19. The lowest BCUT2D eigenvalue weighted by atomic mass is 10.1. The molecule has 0 aliphatic heterocycles. The van der Waals surface area contributed by atoms with Crippen LogP contribution in [0.4, 0.5) is 5.69 Å². The Morgan fingerprint density at radius 1 is 1.47 bits per heavy atom. The van der Waals surface area contributed by atoms with Gasteiger partial charge in [-0.2, -0.15) is 0 Å². The molecular weight excluding hydrogens is 276 g/mol. The Bertz CT molecular complexity index is 388. The maximum Gasteiger partial charge on any atom is 0.0377 e. The van der Waals surface area contributed by atoms with Crippen molar-refractivity contribution < 1.29 is 0 Å². The van der Waals surface area contributed by atoms with Crippen LogP contribution in [0.2, 0.25) is 0 Å². The van der Waals surface area contributed by atoms with Crippen molar-refractivity contribution in [1.82, 2.24) is 5.32 Å². The highest BCUT2D eigenvalue weighted by Gasteiger charge is 2.26. The average molecular weight is 297 g/mol. The fraction of sp³-hybridized carbons (Fsp3) is 0.571. The summed E-state index contributed by atoms with van der Waals surface area (Å²) < 4.78 is 1.20. The molecule has 0 saturated heterocycles. The highest BCUT2D eigenvalue weighted by Crippen LogP contribution is 2.33. The second kappa shape index (κ2) is 5.40. The molecule has 0 amide bonds. The van der Waals surface area contributed by atoms with E-state index in [0.29, 0.717) is 6.04 Å². The van der Waals surface area contributed by atoms with Crippen LogP contribution in [0, 0.1) is 0 Å². The third kappa shape index (κ3) is 3.02. The Morgan fingerprint density at radius 2 is 2.18 bits per heavy atom. The molecule has 2 rings (SSSR count). The van der Waals surface area contributed by atoms with Gasteiger partial charge in [-0.15, -0.1) is 0 Å². The molecule has 0 bridgehead atoms. The minimum Gasteiger partial charge on any atom is -0.372 e. The molecule has 1 atom stereocenters. The van der Waals surface area contributed by atoms with Gasteiger partial charge in [-0.25, -0.2) is 0 Å². The predicted octanol–water partition coefficient (Wildman–Crippen LogP) is 3.72. The van der Waals surface area contributed by atoms with Crippen molar-refractivity contribution in [2.45, 2.75) is 38.8 Å². The summed E-state index contributed by atoms with van der Waals surface area (Å²) in [5.41, 5.74) is 2.65. The molecule has 1 saturated carbocycles. The summed E-state index contributed by atoms with van der Waals surface area (Å²) in [6.45, 7) is 5.34. The van der Waals surface area contributed by atoms with Gasteiger partial charge < -0.3 is 10.2 Å². The van der Waals surface area contributed by atoms with Crippen molar-refractivity contribution in [1.29, 1.82) is 0 Å². The molecule has 17 heavy (non-hydrogen) atoms. The number of halogens is 1. The molecule has 1 aliphatic rings. The van der Waals surface area contributed by atoms with Gasteiger partial charge in [0.15, 0.2) is 0 Å². The molecule has 1 unspecified atom stereocenters. The molecule has 0 heterocycles. The van der Waals surface area contributed by atoms with E-state index in [4.69, 9.17) is 0 Å². The van der Waals surface area contributed by atoms with Crippen molar-refractivity contribution >= 4 is 21.6 Å². The zero-order valence-electron chi connectivity index (χ0n) is 10.8. The summed E-state index contributed by atoms with van der Waals surface area (Å²) >= 11 is 3.69. The van der Waals surface area contributed by atoms with Crippen LogP contribution in [0.1, 0.15) is 38.3 Å². The van der Waals surface area contributed by atoms with Crippen molar-refractivity contribution in [2.24, 2.45) is 0 Å². The maximum absolute atomic E-state index is 3.69. The van der Waals surface area contributed by atoms with Crippen molar-refractivity contribution in [3.05, 3.63) is 28.2 Å². The first kappa shape index (κ1) is 12.9. The summed E-state index contributed by atoms with van der Waals surface area (Å²) in [6, 6.07) is 7.85. The van der Waals surface area contributed by atoms with Gasteiger partial charge in [-0.05, 0) is 44.0 Å². The van der Waals surface area contributed by atoms with E-state index in [0.717, 1.165) is 12.6 Å². The molecule has 1 fully saturated rings. The predicted molar refractivity (Wildman–Crippen MR) is 77.7 cm³/mol. The van der Waals surface area contributed by atoms with Gasteiger partial charge in [0.05, 0.1) is 0 Å². The SMILES string of the molecule is CCNC(C)c1ccc(N(C)C2CC2)cc1Br. The number of hydrogen-bond acceptors (Lipinski definition) is 2. The van der Waals surface area contributed by atoms with Crippen LogP contribution >= 0.6 is 15.9 Å². The molecule has 0 spiro atoms. The normalized spacial score (nSPS) is 16.9. The van der Waals surface area contributed by atoms with Gasteiger partial charge in [-0.3, -0.25) is 0 Å². The van der Waals surface area contributed by atoms with E-state index in [1.807, 2.05) is 0 Å². The number of nitrogens with one attached hydrogen (secondary N) is 1. The molecule has 1 N–H and O–H groups in total. The van der Waals surface area contributed by atoms with Crippen LogP contribution in [0.5, 0.6) is 0 Å². The third-order valence-electron chi connectivity index (χ3n) is 3.46. The van der Waals surface area contributed by atoms with Gasteiger partial charge in [0.1, 0.15) is 0 Å². The second-order valence-electron chi connectivity index (χ2n) is 4.83. The van der Waals surface area contributed by atoms with E-state index < -0.39 is 0 Å². The van der Waals surface area contributed by atoms with Gasteiger partial charge >= 0.3 is 0 Å². The van der Waals surface area contributed by atoms with Crippen LogP contribution in [0.3, 0.4) is 0 Å². The fourth-order valence-electron chi connectivity index (χ4n) is 2.18. The maximum atomic E-state index is 3.69. The highest BCUT2D eigenvalue weighted by molar-refractivity contribution is 9.10. The van der Waals surface area contributed by atoms with Crippen molar-refractivity contribution in [2.75, 3.05) is 18.5 Å². The van der Waals surface area contributed by atoms with Gasteiger partial charge in [0.2, 0.25) is 0 Å². The number of hydrogen-bond donors (Lipinski definition) is 1. The fourth-order valence-corrected chi connectivity index (χ4v) is 2.89. The Labute approximate surface area is 113 Å². The van der Waals surface area contributed by atoms with E-state index in [9.17, 15) is 0 Å². The molecular formula is C14H21BrN2. The summed E-state index contributed by atoms with van der Waals surface area (Å²) in [5, 5.41) is 3.44. The smallest absolute Gasteiger partial charge is 0.0377 e. The minimum absolute atomic E-state index is 0.398. The zero-order chi connectivity index (χ0) is 12.4. The quantitative estimate of drug-likeness (QED) is 0.891. The lowest BCUT2D eigenvalue weighted by molar-refractivity contribution is 0.596.